The zero-order valence-corrected chi connectivity index (χ0v) is 31.9. The van der Waals surface area contributed by atoms with Gasteiger partial charge in [-0.25, -0.2) is 0 Å². The number of piperazine rings is 3. The Hall–Kier alpha value is -0.240. The fraction of sp³-hybridized carbons (Fsp3) is 1.00. The van der Waals surface area contributed by atoms with Crippen molar-refractivity contribution in [3.63, 3.8) is 0 Å². The summed E-state index contributed by atoms with van der Waals surface area (Å²) in [4.78, 5) is 15.7. The lowest BCUT2D eigenvalue weighted by molar-refractivity contribution is 0.00129. The molecule has 0 amide bonds. The third-order valence-electron chi connectivity index (χ3n) is 10.4. The lowest BCUT2D eigenvalue weighted by Crippen LogP contribution is -2.60. The van der Waals surface area contributed by atoms with E-state index in [1.807, 2.05) is 0 Å². The summed E-state index contributed by atoms with van der Waals surface area (Å²) in [6.45, 7) is 49.1. The summed E-state index contributed by atoms with van der Waals surface area (Å²) in [5, 5.41) is 0. The highest BCUT2D eigenvalue weighted by molar-refractivity contribution is 4.90. The third kappa shape index (κ3) is 11.3. The molecule has 0 radical (unpaired) electrons. The highest BCUT2D eigenvalue weighted by atomic mass is 15.3. The first-order valence-corrected chi connectivity index (χ1v) is 17.9. The van der Waals surface area contributed by atoms with Crippen molar-refractivity contribution >= 4 is 0 Å². The fourth-order valence-corrected chi connectivity index (χ4v) is 8.28. The summed E-state index contributed by atoms with van der Waals surface area (Å²) in [5.41, 5.74) is 0. The van der Waals surface area contributed by atoms with Gasteiger partial charge in [-0.15, -0.1) is 0 Å². The summed E-state index contributed by atoms with van der Waals surface area (Å²) >= 11 is 0. The maximum Gasteiger partial charge on any atom is 0.0223 e. The Kier molecular flexibility index (Phi) is 17.1. The van der Waals surface area contributed by atoms with Gasteiger partial charge in [0.2, 0.25) is 0 Å². The van der Waals surface area contributed by atoms with Crippen molar-refractivity contribution < 1.29 is 0 Å². The van der Waals surface area contributed by atoms with Crippen molar-refractivity contribution in [1.82, 2.24) is 29.4 Å². The largest absolute Gasteiger partial charge is 0.298 e. The van der Waals surface area contributed by atoms with Crippen LogP contribution < -0.4 is 0 Å². The molecule has 6 heteroatoms. The Morgan fingerprint density at radius 1 is 0.357 bits per heavy atom. The van der Waals surface area contributed by atoms with E-state index in [4.69, 9.17) is 0 Å². The molecule has 0 bridgehead atoms. The number of hydrogen-bond acceptors (Lipinski definition) is 6. The Bertz CT molecular complexity index is 638. The maximum atomic E-state index is 2.64. The molecule has 0 aromatic rings. The molecule has 3 rings (SSSR count). The molecule has 6 atom stereocenters. The quantitative estimate of drug-likeness (QED) is 0.343. The van der Waals surface area contributed by atoms with E-state index < -0.39 is 0 Å². The number of hydrogen-bond donors (Lipinski definition) is 0. The fourth-order valence-electron chi connectivity index (χ4n) is 8.28. The molecule has 0 aromatic carbocycles. The SMILES string of the molecule is CC(C)N1CCN(C(C)C)[C@@H](C)[C@H]1C.CC(C)N1C[C@@H](C)N(C(C)C)[C@@H](C)C1.CC(C)N1C[C@@H](C)N(C(C)C)[C@@H](C)C1. The van der Waals surface area contributed by atoms with Crippen LogP contribution in [0.25, 0.3) is 0 Å². The van der Waals surface area contributed by atoms with Crippen LogP contribution in [0.5, 0.6) is 0 Å². The first-order chi connectivity index (χ1) is 19.3. The van der Waals surface area contributed by atoms with E-state index in [0.717, 1.165) is 0 Å². The molecule has 0 aliphatic carbocycles. The molecule has 252 valence electrons. The molecule has 3 heterocycles. The average Bonchev–Trinajstić information content (AvgIpc) is 2.84. The Morgan fingerprint density at radius 3 is 0.762 bits per heavy atom. The molecule has 6 nitrogen and oxygen atoms in total. The van der Waals surface area contributed by atoms with E-state index >= 15 is 0 Å². The predicted molar refractivity (Wildman–Crippen MR) is 188 cm³/mol. The minimum absolute atomic E-state index is 0.675. The van der Waals surface area contributed by atoms with E-state index in [-0.39, 0.29) is 0 Å². The van der Waals surface area contributed by atoms with Crippen LogP contribution in [0.15, 0.2) is 0 Å². The van der Waals surface area contributed by atoms with E-state index in [2.05, 4.69) is 154 Å². The van der Waals surface area contributed by atoms with Crippen LogP contribution in [0, 0.1) is 0 Å². The Labute approximate surface area is 265 Å². The normalized spacial score (nSPS) is 31.7. The van der Waals surface area contributed by atoms with Crippen LogP contribution in [0.1, 0.15) is 125 Å². The van der Waals surface area contributed by atoms with Crippen LogP contribution >= 0.6 is 0 Å². The van der Waals surface area contributed by atoms with Crippen molar-refractivity contribution in [2.75, 3.05) is 39.3 Å². The Balaban J connectivity index is 0.000000315. The molecule has 0 spiro atoms. The van der Waals surface area contributed by atoms with Crippen molar-refractivity contribution in [3.8, 4) is 0 Å². The second-order valence-corrected chi connectivity index (χ2v) is 15.7. The van der Waals surface area contributed by atoms with E-state index in [1.54, 1.807) is 0 Å². The first kappa shape index (κ1) is 39.8. The highest BCUT2D eigenvalue weighted by Crippen LogP contribution is 2.22. The molecule has 3 saturated heterocycles. The van der Waals surface area contributed by atoms with Gasteiger partial charge in [-0.05, 0) is 125 Å². The maximum absolute atomic E-state index is 2.64. The predicted octanol–water partition coefficient (Wildman–Crippen LogP) is 6.59. The van der Waals surface area contributed by atoms with E-state index in [9.17, 15) is 0 Å². The van der Waals surface area contributed by atoms with Crippen molar-refractivity contribution in [2.45, 2.75) is 197 Å². The molecule has 0 unspecified atom stereocenters. The van der Waals surface area contributed by atoms with Gasteiger partial charge in [0.25, 0.3) is 0 Å². The van der Waals surface area contributed by atoms with Crippen LogP contribution in [-0.4, -0.2) is 141 Å². The van der Waals surface area contributed by atoms with Crippen molar-refractivity contribution in [2.24, 2.45) is 0 Å². The minimum Gasteiger partial charge on any atom is -0.298 e. The van der Waals surface area contributed by atoms with Gasteiger partial charge in [-0.3, -0.25) is 29.4 Å². The second-order valence-electron chi connectivity index (χ2n) is 15.7. The smallest absolute Gasteiger partial charge is 0.0223 e. The minimum atomic E-state index is 0.675. The van der Waals surface area contributed by atoms with Crippen molar-refractivity contribution in [3.05, 3.63) is 0 Å². The van der Waals surface area contributed by atoms with Crippen LogP contribution in [0.2, 0.25) is 0 Å². The molecule has 42 heavy (non-hydrogen) atoms. The number of rotatable bonds is 6. The van der Waals surface area contributed by atoms with Crippen molar-refractivity contribution in [1.29, 1.82) is 0 Å². The zero-order chi connectivity index (χ0) is 32.6. The summed E-state index contributed by atoms with van der Waals surface area (Å²) < 4.78 is 0. The van der Waals surface area contributed by atoms with Gasteiger partial charge in [0, 0.05) is 112 Å². The Morgan fingerprint density at radius 2 is 0.595 bits per heavy atom. The van der Waals surface area contributed by atoms with Gasteiger partial charge < -0.3 is 0 Å². The molecular weight excluding hydrogens is 516 g/mol. The number of nitrogens with zero attached hydrogens (tertiary/aromatic N) is 6. The molecule has 0 saturated carbocycles. The summed E-state index contributed by atoms with van der Waals surface area (Å²) in [5.74, 6) is 0. The summed E-state index contributed by atoms with van der Waals surface area (Å²) in [6.07, 6.45) is 0. The van der Waals surface area contributed by atoms with E-state index in [0.29, 0.717) is 72.5 Å². The highest BCUT2D eigenvalue weighted by Gasteiger charge is 2.34. The monoisotopic (exact) mass is 595 g/mol. The molecular formula is C36H78N6. The third-order valence-corrected chi connectivity index (χ3v) is 10.4. The zero-order valence-electron chi connectivity index (χ0n) is 31.9. The molecule has 0 aromatic heterocycles. The summed E-state index contributed by atoms with van der Waals surface area (Å²) in [6, 6.07) is 8.25. The molecule has 3 aliphatic heterocycles. The topological polar surface area (TPSA) is 19.4 Å². The van der Waals surface area contributed by atoms with Gasteiger partial charge in [0.1, 0.15) is 0 Å². The van der Waals surface area contributed by atoms with Gasteiger partial charge in [-0.2, -0.15) is 0 Å². The first-order valence-electron chi connectivity index (χ1n) is 17.9. The van der Waals surface area contributed by atoms with Gasteiger partial charge >= 0.3 is 0 Å². The van der Waals surface area contributed by atoms with E-state index in [1.165, 1.54) is 39.3 Å². The lowest BCUT2D eigenvalue weighted by atomic mass is 10.0. The van der Waals surface area contributed by atoms with Gasteiger partial charge in [0.05, 0.1) is 0 Å². The van der Waals surface area contributed by atoms with Crippen LogP contribution in [0.3, 0.4) is 0 Å². The average molecular weight is 595 g/mol. The lowest BCUT2D eigenvalue weighted by Gasteiger charge is -2.48. The van der Waals surface area contributed by atoms with Gasteiger partial charge in [-0.1, -0.05) is 0 Å². The molecule has 0 N–H and O–H groups in total. The van der Waals surface area contributed by atoms with Crippen LogP contribution in [-0.2, 0) is 0 Å². The summed E-state index contributed by atoms with van der Waals surface area (Å²) in [7, 11) is 0. The molecule has 3 fully saturated rings. The second kappa shape index (κ2) is 18.0. The van der Waals surface area contributed by atoms with Crippen LogP contribution in [0.4, 0.5) is 0 Å². The standard InChI is InChI=1S/3C12H26N2/c2*1-9(2)13-7-11(5)14(10(3)4)12(6)8-13;1-9(2)13-7-8-14(10(3)4)12(6)11(13)5/h3*9-12H,7-8H2,1-6H3/t3*11-,12+. The molecule has 3 aliphatic rings. The van der Waals surface area contributed by atoms with Gasteiger partial charge in [0.15, 0.2) is 0 Å².